The lowest BCUT2D eigenvalue weighted by Crippen LogP contribution is -2.17. The minimum atomic E-state index is -1.60. The van der Waals surface area contributed by atoms with Crippen LogP contribution in [0.2, 0.25) is 0 Å². The van der Waals surface area contributed by atoms with Crippen molar-refractivity contribution in [1.29, 1.82) is 0 Å². The number of nitrogens with one attached hydrogen (secondary N) is 1. The zero-order chi connectivity index (χ0) is 7.40. The van der Waals surface area contributed by atoms with Gasteiger partial charge in [-0.1, -0.05) is 0 Å². The zero-order valence-corrected chi connectivity index (χ0v) is 6.69. The van der Waals surface area contributed by atoms with Gasteiger partial charge in [-0.15, -0.1) is 0 Å². The molecule has 1 aliphatic heterocycles. The fourth-order valence-corrected chi connectivity index (χ4v) is 1.88. The molecule has 2 atom stereocenters. The highest BCUT2D eigenvalue weighted by molar-refractivity contribution is 7.79. The van der Waals surface area contributed by atoms with Crippen molar-refractivity contribution in [3.8, 4) is 0 Å². The molecular weight excluding hydrogens is 150 g/mol. The Labute approximate surface area is 63.5 Å². The Hall–Kier alpha value is 0.0700. The van der Waals surface area contributed by atoms with Crippen molar-refractivity contribution in [2.45, 2.75) is 24.5 Å². The molecule has 0 aromatic carbocycles. The van der Waals surface area contributed by atoms with E-state index >= 15 is 0 Å². The molecule has 0 aromatic heterocycles. The molecule has 0 aromatic rings. The Morgan fingerprint density at radius 1 is 1.40 bits per heavy atom. The van der Waals surface area contributed by atoms with E-state index in [9.17, 15) is 4.21 Å². The molecule has 60 valence electrons. The van der Waals surface area contributed by atoms with Crippen molar-refractivity contribution in [3.05, 3.63) is 0 Å². The molecule has 2 N–H and O–H groups in total. The van der Waals surface area contributed by atoms with Crippen LogP contribution in [0.4, 0.5) is 0 Å². The topological polar surface area (TPSA) is 49.3 Å². The highest BCUT2D eigenvalue weighted by Gasteiger charge is 2.16. The van der Waals surface area contributed by atoms with Gasteiger partial charge in [-0.2, -0.15) is 0 Å². The van der Waals surface area contributed by atoms with Crippen LogP contribution in [0.25, 0.3) is 0 Å². The maximum Gasteiger partial charge on any atom is 0.156 e. The molecule has 2 unspecified atom stereocenters. The van der Waals surface area contributed by atoms with Crippen LogP contribution in [-0.2, 0) is 11.1 Å². The number of hydrogen-bond acceptors (Lipinski definition) is 2. The molecule has 0 spiro atoms. The minimum Gasteiger partial charge on any atom is -0.317 e. The van der Waals surface area contributed by atoms with Gasteiger partial charge in [-0.05, 0) is 32.4 Å². The van der Waals surface area contributed by atoms with Gasteiger partial charge in [0.25, 0.3) is 0 Å². The molecule has 0 amide bonds. The maximum atomic E-state index is 10.6. The quantitative estimate of drug-likeness (QED) is 0.548. The van der Waals surface area contributed by atoms with Gasteiger partial charge in [0.1, 0.15) is 0 Å². The van der Waals surface area contributed by atoms with Crippen LogP contribution >= 0.6 is 0 Å². The standard InChI is InChI=1S/C6H13NO2S/c8-10(9)6-2-1-4-7-5-3-6/h6-7H,1-5H2,(H,8,9). The van der Waals surface area contributed by atoms with E-state index < -0.39 is 11.1 Å². The van der Waals surface area contributed by atoms with E-state index in [0.717, 1.165) is 32.4 Å². The minimum absolute atomic E-state index is 0.00926. The summed E-state index contributed by atoms with van der Waals surface area (Å²) in [5.74, 6) is 0. The fourth-order valence-electron chi connectivity index (χ4n) is 1.19. The van der Waals surface area contributed by atoms with E-state index in [1.807, 2.05) is 0 Å². The van der Waals surface area contributed by atoms with Gasteiger partial charge in [-0.3, -0.25) is 0 Å². The second kappa shape index (κ2) is 4.05. The first kappa shape index (κ1) is 8.17. The summed E-state index contributed by atoms with van der Waals surface area (Å²) in [6.45, 7) is 1.88. The van der Waals surface area contributed by atoms with Crippen molar-refractivity contribution >= 4 is 11.1 Å². The van der Waals surface area contributed by atoms with Crippen LogP contribution in [0.15, 0.2) is 0 Å². The van der Waals surface area contributed by atoms with E-state index in [4.69, 9.17) is 4.55 Å². The van der Waals surface area contributed by atoms with Crippen LogP contribution in [0.3, 0.4) is 0 Å². The van der Waals surface area contributed by atoms with Crippen LogP contribution in [-0.4, -0.2) is 27.1 Å². The van der Waals surface area contributed by atoms with Crippen molar-refractivity contribution in [3.63, 3.8) is 0 Å². The summed E-state index contributed by atoms with van der Waals surface area (Å²) in [4.78, 5) is 0. The van der Waals surface area contributed by atoms with Crippen molar-refractivity contribution in [2.75, 3.05) is 13.1 Å². The number of rotatable bonds is 1. The van der Waals surface area contributed by atoms with E-state index in [-0.39, 0.29) is 5.25 Å². The predicted molar refractivity (Wildman–Crippen MR) is 41.3 cm³/mol. The lowest BCUT2D eigenvalue weighted by atomic mass is 10.2. The Morgan fingerprint density at radius 2 is 2.20 bits per heavy atom. The molecule has 1 rings (SSSR count). The fraction of sp³-hybridized carbons (Fsp3) is 1.00. The predicted octanol–water partition coefficient (Wildman–Crippen LogP) is 0.350. The molecule has 4 heteroatoms. The Morgan fingerprint density at radius 3 is 2.90 bits per heavy atom. The van der Waals surface area contributed by atoms with Gasteiger partial charge in [0, 0.05) is 0 Å². The molecule has 1 aliphatic rings. The molecule has 10 heavy (non-hydrogen) atoms. The molecule has 3 nitrogen and oxygen atoms in total. The third kappa shape index (κ3) is 2.36. The summed E-state index contributed by atoms with van der Waals surface area (Å²) in [6.07, 6.45) is 2.75. The lowest BCUT2D eigenvalue weighted by molar-refractivity contribution is 0.536. The van der Waals surface area contributed by atoms with Crippen LogP contribution in [0.1, 0.15) is 19.3 Å². The summed E-state index contributed by atoms with van der Waals surface area (Å²) in [5.41, 5.74) is 0. The molecule has 0 radical (unpaired) electrons. The molecule has 0 aliphatic carbocycles. The van der Waals surface area contributed by atoms with Crippen LogP contribution in [0.5, 0.6) is 0 Å². The average Bonchev–Trinajstić information content (AvgIpc) is 2.12. The highest BCUT2D eigenvalue weighted by atomic mass is 32.2. The zero-order valence-electron chi connectivity index (χ0n) is 5.88. The van der Waals surface area contributed by atoms with Crippen molar-refractivity contribution < 1.29 is 8.76 Å². The smallest absolute Gasteiger partial charge is 0.156 e. The average molecular weight is 163 g/mol. The molecular formula is C6H13NO2S. The van der Waals surface area contributed by atoms with E-state index in [1.165, 1.54) is 0 Å². The van der Waals surface area contributed by atoms with E-state index in [2.05, 4.69) is 5.32 Å². The molecule has 1 saturated heterocycles. The first-order chi connectivity index (χ1) is 4.80. The van der Waals surface area contributed by atoms with E-state index in [1.54, 1.807) is 0 Å². The third-order valence-electron chi connectivity index (χ3n) is 1.81. The third-order valence-corrected chi connectivity index (χ3v) is 2.85. The summed E-state index contributed by atoms with van der Waals surface area (Å²) >= 11 is -1.60. The lowest BCUT2D eigenvalue weighted by Gasteiger charge is -2.06. The number of hydrogen-bond donors (Lipinski definition) is 2. The second-order valence-corrected chi connectivity index (χ2v) is 3.80. The van der Waals surface area contributed by atoms with Gasteiger partial charge in [0.05, 0.1) is 5.25 Å². The second-order valence-electron chi connectivity index (χ2n) is 2.58. The van der Waals surface area contributed by atoms with Gasteiger partial charge in [-0.25, -0.2) is 4.21 Å². The van der Waals surface area contributed by atoms with Gasteiger partial charge in [0.2, 0.25) is 0 Å². The Balaban J connectivity index is 2.35. The summed E-state index contributed by atoms with van der Waals surface area (Å²) in [5, 5.41) is 3.20. The normalized spacial score (nSPS) is 31.1. The largest absolute Gasteiger partial charge is 0.317 e. The van der Waals surface area contributed by atoms with Crippen molar-refractivity contribution in [1.82, 2.24) is 5.32 Å². The molecule has 0 bridgehead atoms. The first-order valence-corrected chi connectivity index (χ1v) is 4.78. The van der Waals surface area contributed by atoms with Gasteiger partial charge in [0.15, 0.2) is 11.1 Å². The SMILES string of the molecule is O=S(O)C1CCCNCC1. The van der Waals surface area contributed by atoms with Crippen molar-refractivity contribution in [2.24, 2.45) is 0 Å². The Bertz CT molecular complexity index is 121. The molecule has 1 fully saturated rings. The van der Waals surface area contributed by atoms with Crippen LogP contribution < -0.4 is 5.32 Å². The Kier molecular flexibility index (Phi) is 3.31. The summed E-state index contributed by atoms with van der Waals surface area (Å²) in [6, 6.07) is 0. The molecule has 1 heterocycles. The highest BCUT2D eigenvalue weighted by Crippen LogP contribution is 2.09. The van der Waals surface area contributed by atoms with E-state index in [0.29, 0.717) is 0 Å². The van der Waals surface area contributed by atoms with Crippen LogP contribution in [0, 0.1) is 0 Å². The van der Waals surface area contributed by atoms with Gasteiger partial charge >= 0.3 is 0 Å². The molecule has 0 saturated carbocycles. The van der Waals surface area contributed by atoms with Gasteiger partial charge < -0.3 is 9.87 Å². The first-order valence-electron chi connectivity index (χ1n) is 3.61. The maximum absolute atomic E-state index is 10.6. The monoisotopic (exact) mass is 163 g/mol. The summed E-state index contributed by atoms with van der Waals surface area (Å²) < 4.78 is 19.3. The summed E-state index contributed by atoms with van der Waals surface area (Å²) in [7, 11) is 0.